The van der Waals surface area contributed by atoms with Crippen molar-refractivity contribution in [1.82, 2.24) is 0 Å². The Labute approximate surface area is 110 Å². The summed E-state index contributed by atoms with van der Waals surface area (Å²) in [5.41, 5.74) is 1.08. The normalized spacial score (nSPS) is 12.5. The molecule has 0 heterocycles. The second kappa shape index (κ2) is 7.20. The first-order valence-corrected chi connectivity index (χ1v) is 6.79. The van der Waals surface area contributed by atoms with Crippen LogP contribution in [0.2, 0.25) is 0 Å². The number of ether oxygens (including phenoxy) is 1. The standard InChI is InChI=1S/C16H24O2/c1-5-6-11-18-15-9-7-14(8-10-15)16(12(2)3)13(4)17/h7-10,12,16H,5-6,11H2,1-4H3/t16-/m1/s1. The molecule has 0 aliphatic carbocycles. The average molecular weight is 248 g/mol. The van der Waals surface area contributed by atoms with Crippen LogP contribution in [0.5, 0.6) is 5.75 Å². The number of benzene rings is 1. The van der Waals surface area contributed by atoms with Crippen molar-refractivity contribution in [3.05, 3.63) is 29.8 Å². The smallest absolute Gasteiger partial charge is 0.137 e. The Morgan fingerprint density at radius 2 is 1.83 bits per heavy atom. The van der Waals surface area contributed by atoms with Gasteiger partial charge in [-0.25, -0.2) is 0 Å². The van der Waals surface area contributed by atoms with Crippen LogP contribution in [0.15, 0.2) is 24.3 Å². The highest BCUT2D eigenvalue weighted by Gasteiger charge is 2.20. The average Bonchev–Trinajstić information content (AvgIpc) is 2.30. The number of hydrogen-bond acceptors (Lipinski definition) is 2. The van der Waals surface area contributed by atoms with Gasteiger partial charge in [0.1, 0.15) is 11.5 Å². The van der Waals surface area contributed by atoms with Crippen LogP contribution in [0.25, 0.3) is 0 Å². The van der Waals surface area contributed by atoms with Gasteiger partial charge in [-0.2, -0.15) is 0 Å². The van der Waals surface area contributed by atoms with Crippen LogP contribution in [0.3, 0.4) is 0 Å². The van der Waals surface area contributed by atoms with Gasteiger partial charge in [0.25, 0.3) is 0 Å². The van der Waals surface area contributed by atoms with Crippen molar-refractivity contribution in [3.8, 4) is 5.75 Å². The van der Waals surface area contributed by atoms with Crippen LogP contribution in [0.1, 0.15) is 52.0 Å². The zero-order valence-corrected chi connectivity index (χ0v) is 11.9. The molecule has 0 unspecified atom stereocenters. The van der Waals surface area contributed by atoms with Crippen molar-refractivity contribution < 1.29 is 9.53 Å². The molecular weight excluding hydrogens is 224 g/mol. The Bertz CT molecular complexity index is 365. The minimum atomic E-state index is -0.00491. The molecule has 0 aliphatic rings. The minimum absolute atomic E-state index is 0.00491. The third-order valence-electron chi connectivity index (χ3n) is 3.11. The second-order valence-corrected chi connectivity index (χ2v) is 5.10. The highest BCUT2D eigenvalue weighted by molar-refractivity contribution is 5.83. The van der Waals surface area contributed by atoms with Gasteiger partial charge in [0, 0.05) is 5.92 Å². The Balaban J connectivity index is 2.71. The Hall–Kier alpha value is -1.31. The lowest BCUT2D eigenvalue weighted by Crippen LogP contribution is -2.15. The third kappa shape index (κ3) is 4.17. The van der Waals surface area contributed by atoms with E-state index in [4.69, 9.17) is 4.74 Å². The number of rotatable bonds is 7. The van der Waals surface area contributed by atoms with Gasteiger partial charge in [-0.3, -0.25) is 4.79 Å². The summed E-state index contributed by atoms with van der Waals surface area (Å²) >= 11 is 0. The summed E-state index contributed by atoms with van der Waals surface area (Å²) in [5.74, 6) is 1.44. The predicted octanol–water partition coefficient (Wildman–Crippen LogP) is 4.19. The molecule has 1 rings (SSSR count). The number of unbranched alkanes of at least 4 members (excludes halogenated alkanes) is 1. The molecule has 0 radical (unpaired) electrons. The van der Waals surface area contributed by atoms with Crippen LogP contribution >= 0.6 is 0 Å². The van der Waals surface area contributed by atoms with Crippen LogP contribution < -0.4 is 4.74 Å². The molecule has 1 aromatic rings. The van der Waals surface area contributed by atoms with E-state index in [1.54, 1.807) is 6.92 Å². The summed E-state index contributed by atoms with van der Waals surface area (Å²) in [7, 11) is 0. The third-order valence-corrected chi connectivity index (χ3v) is 3.11. The predicted molar refractivity (Wildman–Crippen MR) is 75.1 cm³/mol. The lowest BCUT2D eigenvalue weighted by atomic mass is 9.85. The van der Waals surface area contributed by atoms with Crippen LogP contribution in [0, 0.1) is 5.92 Å². The molecule has 2 heteroatoms. The number of ketones is 1. The fourth-order valence-electron chi connectivity index (χ4n) is 2.19. The van der Waals surface area contributed by atoms with E-state index >= 15 is 0 Å². The lowest BCUT2D eigenvalue weighted by molar-refractivity contribution is -0.119. The van der Waals surface area contributed by atoms with E-state index in [0.29, 0.717) is 5.92 Å². The number of hydrogen-bond donors (Lipinski definition) is 0. The second-order valence-electron chi connectivity index (χ2n) is 5.10. The number of Topliss-reactive ketones (excluding diaryl/α,β-unsaturated/α-hetero) is 1. The molecule has 0 amide bonds. The SMILES string of the molecule is CCCCOc1ccc([C@@H](C(C)=O)C(C)C)cc1. The molecule has 1 atom stereocenters. The van der Waals surface area contributed by atoms with E-state index in [1.165, 1.54) is 0 Å². The fourth-order valence-corrected chi connectivity index (χ4v) is 2.19. The van der Waals surface area contributed by atoms with Gasteiger partial charge < -0.3 is 4.74 Å². The van der Waals surface area contributed by atoms with E-state index in [0.717, 1.165) is 30.8 Å². The van der Waals surface area contributed by atoms with Crippen molar-refractivity contribution in [2.24, 2.45) is 5.92 Å². The van der Waals surface area contributed by atoms with Gasteiger partial charge in [0.05, 0.1) is 6.61 Å². The van der Waals surface area contributed by atoms with E-state index in [2.05, 4.69) is 20.8 Å². The topological polar surface area (TPSA) is 26.3 Å². The molecule has 0 saturated heterocycles. The van der Waals surface area contributed by atoms with E-state index in [1.807, 2.05) is 24.3 Å². The maximum atomic E-state index is 11.7. The van der Waals surface area contributed by atoms with Gasteiger partial charge in [-0.1, -0.05) is 39.3 Å². The molecule has 100 valence electrons. The van der Waals surface area contributed by atoms with Crippen molar-refractivity contribution in [3.63, 3.8) is 0 Å². The Morgan fingerprint density at radius 3 is 2.28 bits per heavy atom. The first-order chi connectivity index (χ1) is 8.56. The van der Waals surface area contributed by atoms with Gasteiger partial charge in [-0.15, -0.1) is 0 Å². The van der Waals surface area contributed by atoms with Crippen LogP contribution in [0.4, 0.5) is 0 Å². The fraction of sp³-hybridized carbons (Fsp3) is 0.562. The maximum absolute atomic E-state index is 11.7. The summed E-state index contributed by atoms with van der Waals surface area (Å²) in [4.78, 5) is 11.7. The van der Waals surface area contributed by atoms with Crippen molar-refractivity contribution >= 4 is 5.78 Å². The molecule has 2 nitrogen and oxygen atoms in total. The molecule has 0 spiro atoms. The molecule has 0 bridgehead atoms. The highest BCUT2D eigenvalue weighted by Crippen LogP contribution is 2.27. The van der Waals surface area contributed by atoms with Gasteiger partial charge in [0.15, 0.2) is 0 Å². The first kappa shape index (κ1) is 14.7. The summed E-state index contributed by atoms with van der Waals surface area (Å²) in [6.45, 7) is 8.73. The molecule has 0 N–H and O–H groups in total. The van der Waals surface area contributed by atoms with E-state index in [9.17, 15) is 4.79 Å². The van der Waals surface area contributed by atoms with E-state index in [-0.39, 0.29) is 11.7 Å². The summed E-state index contributed by atoms with van der Waals surface area (Å²) < 4.78 is 5.62. The largest absolute Gasteiger partial charge is 0.494 e. The summed E-state index contributed by atoms with van der Waals surface area (Å²) in [6, 6.07) is 7.94. The monoisotopic (exact) mass is 248 g/mol. The number of carbonyl (C=O) groups is 1. The quantitative estimate of drug-likeness (QED) is 0.676. The first-order valence-electron chi connectivity index (χ1n) is 6.79. The van der Waals surface area contributed by atoms with Crippen LogP contribution in [-0.4, -0.2) is 12.4 Å². The van der Waals surface area contributed by atoms with Gasteiger partial charge in [0.2, 0.25) is 0 Å². The zero-order valence-electron chi connectivity index (χ0n) is 11.9. The number of carbonyl (C=O) groups excluding carboxylic acids is 1. The van der Waals surface area contributed by atoms with Gasteiger partial charge >= 0.3 is 0 Å². The Kier molecular flexibility index (Phi) is 5.90. The molecule has 0 saturated carbocycles. The molecule has 18 heavy (non-hydrogen) atoms. The molecule has 0 fully saturated rings. The molecule has 1 aromatic carbocycles. The summed E-state index contributed by atoms with van der Waals surface area (Å²) in [5, 5.41) is 0. The highest BCUT2D eigenvalue weighted by atomic mass is 16.5. The van der Waals surface area contributed by atoms with E-state index < -0.39 is 0 Å². The zero-order chi connectivity index (χ0) is 13.5. The van der Waals surface area contributed by atoms with Crippen molar-refractivity contribution in [1.29, 1.82) is 0 Å². The molecule has 0 aromatic heterocycles. The molecule has 0 aliphatic heterocycles. The van der Waals surface area contributed by atoms with Crippen LogP contribution in [-0.2, 0) is 4.79 Å². The lowest BCUT2D eigenvalue weighted by Gasteiger charge is -2.18. The maximum Gasteiger partial charge on any atom is 0.137 e. The molecular formula is C16H24O2. The van der Waals surface area contributed by atoms with Crippen molar-refractivity contribution in [2.75, 3.05) is 6.61 Å². The van der Waals surface area contributed by atoms with Gasteiger partial charge in [-0.05, 0) is 37.0 Å². The van der Waals surface area contributed by atoms with Crippen molar-refractivity contribution in [2.45, 2.75) is 46.5 Å². The summed E-state index contributed by atoms with van der Waals surface area (Å²) in [6.07, 6.45) is 2.21. The Morgan fingerprint density at radius 1 is 1.22 bits per heavy atom. The minimum Gasteiger partial charge on any atom is -0.494 e.